The Morgan fingerprint density at radius 3 is 2.83 bits per heavy atom. The van der Waals surface area contributed by atoms with E-state index in [-0.39, 0.29) is 5.91 Å². The SMILES string of the molecule is CC[C@@H](C)CNc1ccc(C(=O)NC2CC2)cn1. The molecule has 0 aliphatic heterocycles. The zero-order valence-corrected chi connectivity index (χ0v) is 11.1. The largest absolute Gasteiger partial charge is 0.370 e. The fourth-order valence-corrected chi connectivity index (χ4v) is 1.55. The lowest BCUT2D eigenvalue weighted by atomic mass is 10.1. The first-order valence-electron chi connectivity index (χ1n) is 6.69. The Morgan fingerprint density at radius 1 is 1.50 bits per heavy atom. The second-order valence-corrected chi connectivity index (χ2v) is 5.07. The van der Waals surface area contributed by atoms with Crippen LogP contribution in [0.5, 0.6) is 0 Å². The van der Waals surface area contributed by atoms with E-state index in [9.17, 15) is 4.79 Å². The standard InChI is InChI=1S/C14H21N3O/c1-3-10(2)8-15-13-7-4-11(9-16-13)14(18)17-12-5-6-12/h4,7,9-10,12H,3,5-6,8H2,1-2H3,(H,15,16)(H,17,18)/t10-/m1/s1. The molecule has 1 aliphatic rings. The molecular formula is C14H21N3O. The number of nitrogens with zero attached hydrogens (tertiary/aromatic N) is 1. The summed E-state index contributed by atoms with van der Waals surface area (Å²) in [6.45, 7) is 5.28. The van der Waals surface area contributed by atoms with Crippen LogP contribution in [0.4, 0.5) is 5.82 Å². The number of amides is 1. The molecule has 1 fully saturated rings. The Morgan fingerprint density at radius 2 is 2.28 bits per heavy atom. The molecule has 4 nitrogen and oxygen atoms in total. The van der Waals surface area contributed by atoms with Gasteiger partial charge in [-0.3, -0.25) is 4.79 Å². The first-order chi connectivity index (χ1) is 8.69. The lowest BCUT2D eigenvalue weighted by Crippen LogP contribution is -2.25. The van der Waals surface area contributed by atoms with Crippen LogP contribution in [0, 0.1) is 5.92 Å². The van der Waals surface area contributed by atoms with Crippen LogP contribution >= 0.6 is 0 Å². The maximum absolute atomic E-state index is 11.7. The number of hydrogen-bond donors (Lipinski definition) is 2. The van der Waals surface area contributed by atoms with Gasteiger partial charge in [-0.1, -0.05) is 20.3 Å². The summed E-state index contributed by atoms with van der Waals surface area (Å²) < 4.78 is 0. The third-order valence-electron chi connectivity index (χ3n) is 3.27. The number of aromatic nitrogens is 1. The monoisotopic (exact) mass is 247 g/mol. The molecule has 0 bridgehead atoms. The molecule has 2 N–H and O–H groups in total. The van der Waals surface area contributed by atoms with Crippen molar-refractivity contribution in [1.29, 1.82) is 0 Å². The van der Waals surface area contributed by atoms with Crippen LogP contribution in [0.3, 0.4) is 0 Å². The second-order valence-electron chi connectivity index (χ2n) is 5.07. The van der Waals surface area contributed by atoms with E-state index >= 15 is 0 Å². The average Bonchev–Trinajstić information content (AvgIpc) is 3.20. The van der Waals surface area contributed by atoms with E-state index in [0.29, 0.717) is 17.5 Å². The summed E-state index contributed by atoms with van der Waals surface area (Å²) in [5.41, 5.74) is 0.635. The molecule has 98 valence electrons. The van der Waals surface area contributed by atoms with Crippen molar-refractivity contribution in [3.8, 4) is 0 Å². The van der Waals surface area contributed by atoms with Gasteiger partial charge < -0.3 is 10.6 Å². The van der Waals surface area contributed by atoms with Crippen molar-refractivity contribution in [2.24, 2.45) is 5.92 Å². The highest BCUT2D eigenvalue weighted by Crippen LogP contribution is 2.19. The fraction of sp³-hybridized carbons (Fsp3) is 0.571. The quantitative estimate of drug-likeness (QED) is 0.811. The van der Waals surface area contributed by atoms with E-state index < -0.39 is 0 Å². The Kier molecular flexibility index (Phi) is 4.18. The van der Waals surface area contributed by atoms with Gasteiger partial charge in [0, 0.05) is 18.8 Å². The summed E-state index contributed by atoms with van der Waals surface area (Å²) in [6.07, 6.45) is 4.99. The van der Waals surface area contributed by atoms with Crippen LogP contribution in [0.25, 0.3) is 0 Å². The van der Waals surface area contributed by atoms with Crippen LogP contribution < -0.4 is 10.6 Å². The molecular weight excluding hydrogens is 226 g/mol. The van der Waals surface area contributed by atoms with Gasteiger partial charge in [0.05, 0.1) is 5.56 Å². The second kappa shape index (κ2) is 5.85. The molecule has 0 radical (unpaired) electrons. The van der Waals surface area contributed by atoms with Crippen molar-refractivity contribution < 1.29 is 4.79 Å². The predicted molar refractivity (Wildman–Crippen MR) is 72.7 cm³/mol. The first-order valence-corrected chi connectivity index (χ1v) is 6.69. The molecule has 1 aromatic rings. The molecule has 4 heteroatoms. The first kappa shape index (κ1) is 12.9. The van der Waals surface area contributed by atoms with E-state index in [1.54, 1.807) is 6.20 Å². The number of rotatable bonds is 6. The summed E-state index contributed by atoms with van der Waals surface area (Å²) in [4.78, 5) is 16.0. The smallest absolute Gasteiger partial charge is 0.253 e. The molecule has 0 unspecified atom stereocenters. The predicted octanol–water partition coefficient (Wildman–Crippen LogP) is 2.43. The molecule has 1 amide bonds. The van der Waals surface area contributed by atoms with Crippen molar-refractivity contribution in [2.75, 3.05) is 11.9 Å². The zero-order chi connectivity index (χ0) is 13.0. The van der Waals surface area contributed by atoms with Gasteiger partial charge in [0.15, 0.2) is 0 Å². The van der Waals surface area contributed by atoms with Crippen LogP contribution in [0.2, 0.25) is 0 Å². The summed E-state index contributed by atoms with van der Waals surface area (Å²) in [7, 11) is 0. The molecule has 0 saturated heterocycles. The maximum Gasteiger partial charge on any atom is 0.253 e. The third kappa shape index (κ3) is 3.72. The van der Waals surface area contributed by atoms with Gasteiger partial charge in [0.2, 0.25) is 0 Å². The molecule has 18 heavy (non-hydrogen) atoms. The number of pyridine rings is 1. The highest BCUT2D eigenvalue weighted by atomic mass is 16.1. The summed E-state index contributed by atoms with van der Waals surface area (Å²) in [5, 5.41) is 6.22. The van der Waals surface area contributed by atoms with E-state index in [4.69, 9.17) is 0 Å². The molecule has 1 saturated carbocycles. The van der Waals surface area contributed by atoms with E-state index in [1.165, 1.54) is 0 Å². The number of carbonyl (C=O) groups is 1. The van der Waals surface area contributed by atoms with Gasteiger partial charge in [-0.05, 0) is 30.9 Å². The maximum atomic E-state index is 11.7. The third-order valence-corrected chi connectivity index (χ3v) is 3.27. The summed E-state index contributed by atoms with van der Waals surface area (Å²) in [6, 6.07) is 4.08. The average molecular weight is 247 g/mol. The van der Waals surface area contributed by atoms with Gasteiger partial charge in [-0.2, -0.15) is 0 Å². The lowest BCUT2D eigenvalue weighted by molar-refractivity contribution is 0.0951. The van der Waals surface area contributed by atoms with Gasteiger partial charge in [-0.25, -0.2) is 4.98 Å². The van der Waals surface area contributed by atoms with Crippen molar-refractivity contribution >= 4 is 11.7 Å². The molecule has 1 aromatic heterocycles. The highest BCUT2D eigenvalue weighted by molar-refractivity contribution is 5.94. The summed E-state index contributed by atoms with van der Waals surface area (Å²) in [5.74, 6) is 1.45. The molecule has 0 aromatic carbocycles. The Hall–Kier alpha value is -1.58. The number of carbonyl (C=O) groups excluding carboxylic acids is 1. The molecule has 2 rings (SSSR count). The van der Waals surface area contributed by atoms with Crippen molar-refractivity contribution in [1.82, 2.24) is 10.3 Å². The topological polar surface area (TPSA) is 54.0 Å². The van der Waals surface area contributed by atoms with Crippen LogP contribution in [0.15, 0.2) is 18.3 Å². The van der Waals surface area contributed by atoms with Gasteiger partial charge in [-0.15, -0.1) is 0 Å². The van der Waals surface area contributed by atoms with Crippen molar-refractivity contribution in [3.63, 3.8) is 0 Å². The Labute approximate surface area is 108 Å². The number of nitrogens with one attached hydrogen (secondary N) is 2. The lowest BCUT2D eigenvalue weighted by Gasteiger charge is -2.10. The van der Waals surface area contributed by atoms with Crippen LogP contribution in [-0.2, 0) is 0 Å². The van der Waals surface area contributed by atoms with E-state index in [2.05, 4.69) is 29.5 Å². The van der Waals surface area contributed by atoms with Crippen molar-refractivity contribution in [2.45, 2.75) is 39.2 Å². The Bertz CT molecular complexity index is 398. The summed E-state index contributed by atoms with van der Waals surface area (Å²) >= 11 is 0. The van der Waals surface area contributed by atoms with Crippen LogP contribution in [0.1, 0.15) is 43.5 Å². The number of anilines is 1. The van der Waals surface area contributed by atoms with Gasteiger partial charge >= 0.3 is 0 Å². The van der Waals surface area contributed by atoms with E-state index in [1.807, 2.05) is 12.1 Å². The van der Waals surface area contributed by atoms with E-state index in [0.717, 1.165) is 31.6 Å². The molecule has 1 heterocycles. The zero-order valence-electron chi connectivity index (χ0n) is 11.1. The minimum Gasteiger partial charge on any atom is -0.370 e. The Balaban J connectivity index is 1.86. The van der Waals surface area contributed by atoms with Crippen molar-refractivity contribution in [3.05, 3.63) is 23.9 Å². The molecule has 1 atom stereocenters. The number of hydrogen-bond acceptors (Lipinski definition) is 3. The van der Waals surface area contributed by atoms with Gasteiger partial charge in [0.25, 0.3) is 5.91 Å². The molecule has 0 spiro atoms. The van der Waals surface area contributed by atoms with Crippen LogP contribution in [-0.4, -0.2) is 23.5 Å². The highest BCUT2D eigenvalue weighted by Gasteiger charge is 2.23. The fourth-order valence-electron chi connectivity index (χ4n) is 1.55. The minimum atomic E-state index is -0.0153. The van der Waals surface area contributed by atoms with Gasteiger partial charge in [0.1, 0.15) is 5.82 Å². The normalized spacial score (nSPS) is 16.1. The molecule has 1 aliphatic carbocycles. The minimum absolute atomic E-state index is 0.0153.